The minimum atomic E-state index is -3.81. The average Bonchev–Trinajstić information content (AvgIpc) is 3.26. The number of nitrogens with one attached hydrogen (secondary N) is 1. The molecule has 2 aromatic heterocycles. The predicted octanol–water partition coefficient (Wildman–Crippen LogP) is 1.86. The third-order valence-electron chi connectivity index (χ3n) is 4.45. The molecule has 4 rings (SSSR count). The van der Waals surface area contributed by atoms with Crippen LogP contribution in [0.5, 0.6) is 0 Å². The highest BCUT2D eigenvalue weighted by molar-refractivity contribution is 7.92. The van der Waals surface area contributed by atoms with Crippen LogP contribution in [0.2, 0.25) is 0 Å². The maximum Gasteiger partial charge on any atom is 0.328 e. The summed E-state index contributed by atoms with van der Waals surface area (Å²) < 4.78 is 32.9. The van der Waals surface area contributed by atoms with E-state index in [1.165, 1.54) is 21.3 Å². The van der Waals surface area contributed by atoms with Crippen molar-refractivity contribution in [3.63, 3.8) is 0 Å². The van der Waals surface area contributed by atoms with Crippen LogP contribution in [-0.4, -0.2) is 27.1 Å². The van der Waals surface area contributed by atoms with Crippen molar-refractivity contribution in [2.24, 2.45) is 14.1 Å². The number of nitrogens with zero attached hydrogens (tertiary/aromatic N) is 4. The topological polar surface area (TPSA) is 90.9 Å². The lowest BCUT2D eigenvalue weighted by Gasteiger charge is -2.10. The Kier molecular flexibility index (Phi) is 3.88. The largest absolute Gasteiger partial charge is 0.328 e. The van der Waals surface area contributed by atoms with Gasteiger partial charge in [-0.25, -0.2) is 18.2 Å². The second kappa shape index (κ2) is 6.13. The molecule has 0 radical (unpaired) electrons. The first-order valence-electron chi connectivity index (χ1n) is 8.13. The molecule has 0 saturated carbocycles. The van der Waals surface area contributed by atoms with Crippen LogP contribution in [0, 0.1) is 0 Å². The molecule has 0 aliphatic heterocycles. The lowest BCUT2D eigenvalue weighted by Crippen LogP contribution is -2.19. The van der Waals surface area contributed by atoms with Gasteiger partial charge in [0.2, 0.25) is 0 Å². The molecule has 0 atom stereocenters. The van der Waals surface area contributed by atoms with Gasteiger partial charge in [0.05, 0.1) is 27.9 Å². The molecule has 8 nitrogen and oxygen atoms in total. The van der Waals surface area contributed by atoms with Crippen molar-refractivity contribution in [2.45, 2.75) is 4.90 Å². The third kappa shape index (κ3) is 2.91. The van der Waals surface area contributed by atoms with Crippen LogP contribution < -0.4 is 10.4 Å². The van der Waals surface area contributed by atoms with Gasteiger partial charge in [0, 0.05) is 32.2 Å². The molecule has 0 aliphatic carbocycles. The van der Waals surface area contributed by atoms with Crippen LogP contribution in [-0.2, 0) is 24.1 Å². The lowest BCUT2D eigenvalue weighted by molar-refractivity contribution is 0.601. The first-order chi connectivity index (χ1) is 12.9. The van der Waals surface area contributed by atoms with Crippen LogP contribution in [0.4, 0.5) is 5.69 Å². The number of aryl methyl sites for hydroxylation is 2. The molecular weight excluding hydrogens is 366 g/mol. The molecule has 1 N–H and O–H groups in total. The fraction of sp³-hybridized carbons (Fsp3) is 0.111. The summed E-state index contributed by atoms with van der Waals surface area (Å²) in [6, 6.07) is 11.6. The van der Waals surface area contributed by atoms with Crippen molar-refractivity contribution in [2.75, 3.05) is 4.72 Å². The normalized spacial score (nSPS) is 11.8. The van der Waals surface area contributed by atoms with E-state index in [1.807, 2.05) is 6.07 Å². The predicted molar refractivity (Wildman–Crippen MR) is 103 cm³/mol. The molecule has 2 aromatic carbocycles. The van der Waals surface area contributed by atoms with Gasteiger partial charge in [0.25, 0.3) is 10.0 Å². The van der Waals surface area contributed by atoms with Crippen molar-refractivity contribution in [1.82, 2.24) is 18.7 Å². The second-order valence-corrected chi connectivity index (χ2v) is 7.86. The Morgan fingerprint density at radius 2 is 1.78 bits per heavy atom. The molecule has 9 heteroatoms. The number of rotatable bonds is 4. The van der Waals surface area contributed by atoms with Crippen LogP contribution in [0.15, 0.2) is 70.9 Å². The van der Waals surface area contributed by atoms with E-state index in [-0.39, 0.29) is 10.6 Å². The van der Waals surface area contributed by atoms with Gasteiger partial charge in [-0.2, -0.15) is 0 Å². The minimum absolute atomic E-state index is 0.0873. The van der Waals surface area contributed by atoms with Gasteiger partial charge >= 0.3 is 5.69 Å². The summed E-state index contributed by atoms with van der Waals surface area (Å²) in [6.07, 6.45) is 5.06. The number of fused-ring (bicyclic) bond motifs is 1. The summed E-state index contributed by atoms with van der Waals surface area (Å²) >= 11 is 0. The molecule has 138 valence electrons. The van der Waals surface area contributed by atoms with E-state index < -0.39 is 10.0 Å². The van der Waals surface area contributed by atoms with Crippen molar-refractivity contribution < 1.29 is 8.42 Å². The van der Waals surface area contributed by atoms with Crippen molar-refractivity contribution in [3.8, 4) is 5.69 Å². The summed E-state index contributed by atoms with van der Waals surface area (Å²) in [5.41, 5.74) is 2.23. The van der Waals surface area contributed by atoms with Crippen LogP contribution in [0.25, 0.3) is 16.7 Å². The van der Waals surface area contributed by atoms with E-state index >= 15 is 0 Å². The Labute approximate surface area is 155 Å². The zero-order chi connectivity index (χ0) is 19.2. The standard InChI is InChI=1S/C18H17N5O3S/c1-21-16-7-6-15(11-17(16)22(2)18(21)24)27(25,26)20-13-4-3-5-14(10-13)23-9-8-19-12-23/h3-12,20H,1-2H3. The zero-order valence-electron chi connectivity index (χ0n) is 14.7. The Bertz CT molecular complexity index is 1300. The molecule has 0 saturated heterocycles. The quantitative estimate of drug-likeness (QED) is 0.582. The van der Waals surface area contributed by atoms with Gasteiger partial charge < -0.3 is 4.57 Å². The fourth-order valence-electron chi connectivity index (χ4n) is 3.01. The Hall–Kier alpha value is -3.33. The molecule has 0 bridgehead atoms. The molecule has 4 aromatic rings. The van der Waals surface area contributed by atoms with Crippen LogP contribution in [0.1, 0.15) is 0 Å². The van der Waals surface area contributed by atoms with Crippen molar-refractivity contribution in [3.05, 3.63) is 71.7 Å². The van der Waals surface area contributed by atoms with E-state index in [0.29, 0.717) is 16.7 Å². The number of hydrogen-bond acceptors (Lipinski definition) is 4. The minimum Gasteiger partial charge on any atom is -0.306 e. The summed E-state index contributed by atoms with van der Waals surface area (Å²) in [4.78, 5) is 16.1. The fourth-order valence-corrected chi connectivity index (χ4v) is 4.08. The van der Waals surface area contributed by atoms with Crippen LogP contribution >= 0.6 is 0 Å². The lowest BCUT2D eigenvalue weighted by atomic mass is 10.3. The highest BCUT2D eigenvalue weighted by atomic mass is 32.2. The molecule has 2 heterocycles. The monoisotopic (exact) mass is 383 g/mol. The number of imidazole rings is 2. The van der Waals surface area contributed by atoms with Gasteiger partial charge in [0.15, 0.2) is 0 Å². The van der Waals surface area contributed by atoms with Gasteiger partial charge in [-0.1, -0.05) is 6.07 Å². The molecular formula is C18H17N5O3S. The van der Waals surface area contributed by atoms with E-state index in [0.717, 1.165) is 5.69 Å². The highest BCUT2D eigenvalue weighted by Gasteiger charge is 2.17. The molecule has 0 spiro atoms. The van der Waals surface area contributed by atoms with E-state index in [9.17, 15) is 13.2 Å². The number of anilines is 1. The van der Waals surface area contributed by atoms with Gasteiger partial charge in [-0.15, -0.1) is 0 Å². The smallest absolute Gasteiger partial charge is 0.306 e. The Morgan fingerprint density at radius 1 is 1.00 bits per heavy atom. The van der Waals surface area contributed by atoms with Gasteiger partial charge in [-0.05, 0) is 36.4 Å². The van der Waals surface area contributed by atoms with Crippen molar-refractivity contribution in [1.29, 1.82) is 0 Å². The van der Waals surface area contributed by atoms with Crippen molar-refractivity contribution >= 4 is 26.7 Å². The number of aromatic nitrogens is 4. The molecule has 0 unspecified atom stereocenters. The number of sulfonamides is 1. The number of hydrogen-bond donors (Lipinski definition) is 1. The SMILES string of the molecule is Cn1c(=O)n(C)c2cc(S(=O)(=O)Nc3cccc(-n4ccnc4)c3)ccc21. The first kappa shape index (κ1) is 17.1. The Balaban J connectivity index is 1.72. The van der Waals surface area contributed by atoms with Gasteiger partial charge in [0.1, 0.15) is 0 Å². The van der Waals surface area contributed by atoms with E-state index in [1.54, 1.807) is 61.6 Å². The molecule has 0 fully saturated rings. The summed E-state index contributed by atoms with van der Waals surface area (Å²) in [6.45, 7) is 0. The van der Waals surface area contributed by atoms with Crippen LogP contribution in [0.3, 0.4) is 0 Å². The molecule has 0 aliphatic rings. The van der Waals surface area contributed by atoms with E-state index in [4.69, 9.17) is 0 Å². The molecule has 0 amide bonds. The second-order valence-electron chi connectivity index (χ2n) is 6.18. The maximum atomic E-state index is 12.8. The molecule has 27 heavy (non-hydrogen) atoms. The highest BCUT2D eigenvalue weighted by Crippen LogP contribution is 2.22. The summed E-state index contributed by atoms with van der Waals surface area (Å²) in [5, 5.41) is 0. The zero-order valence-corrected chi connectivity index (χ0v) is 15.5. The summed E-state index contributed by atoms with van der Waals surface area (Å²) in [7, 11) is -0.545. The van der Waals surface area contributed by atoms with E-state index in [2.05, 4.69) is 9.71 Å². The summed E-state index contributed by atoms with van der Waals surface area (Å²) in [5.74, 6) is 0. The first-order valence-corrected chi connectivity index (χ1v) is 9.62. The Morgan fingerprint density at radius 3 is 2.52 bits per heavy atom. The number of benzene rings is 2. The maximum absolute atomic E-state index is 12.8. The van der Waals surface area contributed by atoms with Gasteiger partial charge in [-0.3, -0.25) is 13.9 Å². The average molecular weight is 383 g/mol. The third-order valence-corrected chi connectivity index (χ3v) is 5.83.